The highest BCUT2D eigenvalue weighted by atomic mass is 28.4. The first-order chi connectivity index (χ1) is 6.02. The zero-order valence-corrected chi connectivity index (χ0v) is 9.44. The van der Waals surface area contributed by atoms with Crippen LogP contribution in [0.25, 0.3) is 0 Å². The van der Waals surface area contributed by atoms with Gasteiger partial charge in [-0.2, -0.15) is 5.26 Å². The number of aliphatic hydroxyl groups excluding tert-OH is 2. The molecular weight excluding hydrogens is 190 g/mol. The number of nitrogens with zero attached hydrogens (tertiary/aromatic N) is 1. The van der Waals surface area contributed by atoms with Crippen LogP contribution in [0, 0.1) is 11.5 Å². The minimum atomic E-state index is -2.25. The van der Waals surface area contributed by atoms with E-state index in [1.807, 2.05) is 13.5 Å². The maximum absolute atomic E-state index is 9.39. The Bertz CT molecular complexity index is 155. The van der Waals surface area contributed by atoms with E-state index < -0.39 is 14.3 Å². The molecule has 0 aliphatic rings. The molecule has 1 atom stereocenters. The van der Waals surface area contributed by atoms with Crippen molar-refractivity contribution in [3.05, 3.63) is 0 Å². The van der Waals surface area contributed by atoms with Crippen LogP contribution in [0.15, 0.2) is 0 Å². The van der Waals surface area contributed by atoms with Gasteiger partial charge in [-0.3, -0.25) is 0 Å². The minimum Gasteiger partial charge on any atom is -0.443 e. The molecular formula is C7H17NO4Si. The average Bonchev–Trinajstić information content (AvgIpc) is 2.16. The Morgan fingerprint density at radius 3 is 1.85 bits per heavy atom. The predicted molar refractivity (Wildman–Crippen MR) is 49.5 cm³/mol. The number of aliphatic hydroxyl groups is 2. The molecule has 0 aliphatic heterocycles. The summed E-state index contributed by atoms with van der Waals surface area (Å²) in [6.45, 7) is 3.76. The van der Waals surface area contributed by atoms with Crippen LogP contribution in [0.3, 0.4) is 0 Å². The maximum atomic E-state index is 9.39. The van der Waals surface area contributed by atoms with Crippen LogP contribution in [0.2, 0.25) is 6.55 Å². The molecule has 0 aromatic rings. The number of nitriles is 1. The predicted octanol–water partition coefficient (Wildman–Crippen LogP) is 0.501. The fourth-order valence-corrected chi connectivity index (χ4v) is 2.18. The van der Waals surface area contributed by atoms with E-state index in [4.69, 9.17) is 19.2 Å². The Balaban J connectivity index is 0. The van der Waals surface area contributed by atoms with E-state index >= 15 is 0 Å². The summed E-state index contributed by atoms with van der Waals surface area (Å²) in [5.41, 5.74) is -0.428. The van der Waals surface area contributed by atoms with E-state index in [0.29, 0.717) is 6.42 Å². The molecule has 0 rings (SSSR count). The fourth-order valence-electron chi connectivity index (χ4n) is 0.726. The molecule has 0 spiro atoms. The van der Waals surface area contributed by atoms with Gasteiger partial charge in [0.05, 0.1) is 5.73 Å². The molecule has 0 aromatic heterocycles. The zero-order chi connectivity index (χ0) is 10.9. The second kappa shape index (κ2) is 8.01. The fraction of sp³-hybridized carbons (Fsp3) is 0.857. The van der Waals surface area contributed by atoms with Gasteiger partial charge in [0.1, 0.15) is 0 Å². The molecule has 1 unspecified atom stereocenters. The molecule has 0 heterocycles. The largest absolute Gasteiger partial charge is 0.443 e. The van der Waals surface area contributed by atoms with Crippen LogP contribution in [0.4, 0.5) is 0 Å². The Morgan fingerprint density at radius 2 is 1.77 bits per heavy atom. The lowest BCUT2D eigenvalue weighted by atomic mass is 10.5. The molecule has 0 radical (unpaired) electrons. The van der Waals surface area contributed by atoms with Gasteiger partial charge in [0, 0.05) is 14.2 Å². The van der Waals surface area contributed by atoms with Crippen molar-refractivity contribution in [2.75, 3.05) is 14.2 Å². The summed E-state index contributed by atoms with van der Waals surface area (Å²) in [5, 5.41) is 23.1. The second-order valence-corrected chi connectivity index (χ2v) is 5.96. The first-order valence-corrected chi connectivity index (χ1v) is 6.23. The van der Waals surface area contributed by atoms with Crippen LogP contribution >= 0.6 is 0 Å². The van der Waals surface area contributed by atoms with Crippen LogP contribution in [0.5, 0.6) is 0 Å². The van der Waals surface area contributed by atoms with Crippen molar-refractivity contribution in [3.63, 3.8) is 0 Å². The lowest BCUT2D eigenvalue weighted by Crippen LogP contribution is -2.48. The molecule has 0 bridgehead atoms. The first-order valence-electron chi connectivity index (χ1n) is 3.83. The Hall–Kier alpha value is -0.613. The van der Waals surface area contributed by atoms with Crippen molar-refractivity contribution in [2.45, 2.75) is 25.6 Å². The zero-order valence-electron chi connectivity index (χ0n) is 8.44. The van der Waals surface area contributed by atoms with Gasteiger partial charge in [-0.1, -0.05) is 6.92 Å². The summed E-state index contributed by atoms with van der Waals surface area (Å²) >= 11 is 0. The summed E-state index contributed by atoms with van der Waals surface area (Å²) in [6.07, 6.45) is 1.43. The van der Waals surface area contributed by atoms with Crippen LogP contribution in [-0.2, 0) is 8.85 Å². The summed E-state index contributed by atoms with van der Waals surface area (Å²) < 4.78 is 10.2. The Kier molecular flexibility index (Phi) is 9.17. The molecule has 0 fully saturated rings. The van der Waals surface area contributed by atoms with Crippen molar-refractivity contribution in [1.82, 2.24) is 0 Å². The number of rotatable bonds is 4. The summed E-state index contributed by atoms with van der Waals surface area (Å²) in [6, 6.07) is 0. The van der Waals surface area contributed by atoms with E-state index in [2.05, 4.69) is 0 Å². The summed E-state index contributed by atoms with van der Waals surface area (Å²) in [4.78, 5) is 0. The monoisotopic (exact) mass is 207 g/mol. The third-order valence-electron chi connectivity index (χ3n) is 1.80. The topological polar surface area (TPSA) is 82.7 Å². The van der Waals surface area contributed by atoms with Gasteiger partial charge < -0.3 is 19.1 Å². The molecule has 6 heteroatoms. The minimum absolute atomic E-state index is 0.428. The summed E-state index contributed by atoms with van der Waals surface area (Å²) in [5.74, 6) is 0. The molecule has 0 aliphatic carbocycles. The van der Waals surface area contributed by atoms with Crippen molar-refractivity contribution in [3.8, 4) is 6.26 Å². The van der Waals surface area contributed by atoms with Crippen LogP contribution in [0.1, 0.15) is 13.3 Å². The van der Waals surface area contributed by atoms with Gasteiger partial charge in [0.15, 0.2) is 0 Å². The van der Waals surface area contributed by atoms with Gasteiger partial charge in [-0.25, -0.2) is 0 Å². The maximum Gasteiger partial charge on any atom is 0.364 e. The van der Waals surface area contributed by atoms with E-state index in [0.717, 1.165) is 6.26 Å². The van der Waals surface area contributed by atoms with Crippen molar-refractivity contribution < 1.29 is 19.1 Å². The van der Waals surface area contributed by atoms with Gasteiger partial charge in [-0.05, 0) is 13.0 Å². The Labute approximate surface area is 79.8 Å². The standard InChI is InChI=1S/C6H16O3Si.CHNO/c1-5-6(7)10(4,8-2)9-3;2-1-3/h6-7H,5H2,1-4H3;3H. The molecule has 0 saturated carbocycles. The SMILES string of the molecule is CCC(O)[Si](C)(OC)OC.N#CO. The summed E-state index contributed by atoms with van der Waals surface area (Å²) in [7, 11) is 0.911. The van der Waals surface area contributed by atoms with E-state index in [-0.39, 0.29) is 0 Å². The molecule has 0 saturated heterocycles. The van der Waals surface area contributed by atoms with Crippen molar-refractivity contribution in [1.29, 1.82) is 5.26 Å². The third-order valence-corrected chi connectivity index (χ3v) is 5.04. The number of hydrogen-bond donors (Lipinski definition) is 2. The van der Waals surface area contributed by atoms with Crippen molar-refractivity contribution in [2.24, 2.45) is 0 Å². The van der Waals surface area contributed by atoms with E-state index in [9.17, 15) is 5.11 Å². The number of hydrogen-bond acceptors (Lipinski definition) is 5. The smallest absolute Gasteiger partial charge is 0.364 e. The van der Waals surface area contributed by atoms with Crippen LogP contribution < -0.4 is 0 Å². The third kappa shape index (κ3) is 5.60. The first kappa shape index (κ1) is 14.9. The quantitative estimate of drug-likeness (QED) is 0.518. The lowest BCUT2D eigenvalue weighted by Gasteiger charge is -2.26. The lowest BCUT2D eigenvalue weighted by molar-refractivity contribution is 0.142. The van der Waals surface area contributed by atoms with Gasteiger partial charge >= 0.3 is 8.56 Å². The molecule has 13 heavy (non-hydrogen) atoms. The highest BCUT2D eigenvalue weighted by molar-refractivity contribution is 6.67. The average molecular weight is 207 g/mol. The highest BCUT2D eigenvalue weighted by Crippen LogP contribution is 2.12. The molecule has 0 aromatic carbocycles. The normalized spacial score (nSPS) is 12.3. The molecule has 5 nitrogen and oxygen atoms in total. The molecule has 2 N–H and O–H groups in total. The van der Waals surface area contributed by atoms with Crippen molar-refractivity contribution >= 4 is 8.56 Å². The second-order valence-electron chi connectivity index (χ2n) is 2.45. The van der Waals surface area contributed by atoms with Gasteiger partial charge in [-0.15, -0.1) is 0 Å². The molecule has 78 valence electrons. The van der Waals surface area contributed by atoms with Gasteiger partial charge in [0.25, 0.3) is 6.26 Å². The van der Waals surface area contributed by atoms with Gasteiger partial charge in [0.2, 0.25) is 0 Å². The highest BCUT2D eigenvalue weighted by Gasteiger charge is 2.36. The van der Waals surface area contributed by atoms with E-state index in [1.54, 1.807) is 14.2 Å². The van der Waals surface area contributed by atoms with E-state index in [1.165, 1.54) is 0 Å². The Morgan fingerprint density at radius 1 is 1.46 bits per heavy atom. The molecule has 0 amide bonds. The van der Waals surface area contributed by atoms with Crippen LogP contribution in [-0.4, -0.2) is 38.7 Å².